The number of hydrogen-bond donors (Lipinski definition) is 1. The average molecular weight is 204 g/mol. The van der Waals surface area contributed by atoms with Crippen LogP contribution >= 0.6 is 0 Å². The highest BCUT2D eigenvalue weighted by molar-refractivity contribution is 7.90. The summed E-state index contributed by atoms with van der Waals surface area (Å²) >= 11 is 0. The Kier molecular flexibility index (Phi) is 2.37. The molecule has 72 valence electrons. The van der Waals surface area contributed by atoms with Crippen molar-refractivity contribution in [3.63, 3.8) is 0 Å². The van der Waals surface area contributed by atoms with Gasteiger partial charge in [-0.1, -0.05) is 0 Å². The highest BCUT2D eigenvalue weighted by Gasteiger charge is 2.15. The zero-order chi connectivity index (χ0) is 10.1. The van der Waals surface area contributed by atoms with Crippen LogP contribution in [0, 0.1) is 0 Å². The summed E-state index contributed by atoms with van der Waals surface area (Å²) in [6.45, 7) is -0.400. The summed E-state index contributed by atoms with van der Waals surface area (Å²) in [6.07, 6.45) is 3.54. The molecule has 6 nitrogen and oxygen atoms in total. The minimum atomic E-state index is -3.45. The Labute approximate surface area is 74.7 Å². The molecule has 0 unspecified atom stereocenters. The summed E-state index contributed by atoms with van der Waals surface area (Å²) in [4.78, 5) is 13.9. The van der Waals surface area contributed by atoms with Crippen molar-refractivity contribution < 1.29 is 18.3 Å². The smallest absolute Gasteiger partial charge is 0.323 e. The van der Waals surface area contributed by atoms with Crippen LogP contribution in [0.5, 0.6) is 0 Å². The van der Waals surface area contributed by atoms with Gasteiger partial charge in [-0.3, -0.25) is 4.79 Å². The van der Waals surface area contributed by atoms with Crippen LogP contribution in [0.25, 0.3) is 0 Å². The van der Waals surface area contributed by atoms with E-state index in [1.165, 1.54) is 12.4 Å². The number of imidazole rings is 1. The lowest BCUT2D eigenvalue weighted by atomic mass is 10.6. The monoisotopic (exact) mass is 204 g/mol. The molecule has 13 heavy (non-hydrogen) atoms. The van der Waals surface area contributed by atoms with Gasteiger partial charge in [0.05, 0.1) is 0 Å². The molecule has 0 aromatic carbocycles. The zero-order valence-corrected chi connectivity index (χ0v) is 7.65. The molecular formula is C6H8N2O4S. The molecule has 1 aromatic rings. The maximum Gasteiger partial charge on any atom is 0.323 e. The van der Waals surface area contributed by atoms with Crippen molar-refractivity contribution in [1.82, 2.24) is 9.55 Å². The molecule has 1 heterocycles. The third-order valence-electron chi connectivity index (χ3n) is 1.31. The SMILES string of the molecule is CS(=O)(=O)c1nccn1CC(=O)O. The minimum absolute atomic E-state index is 0.227. The first-order chi connectivity index (χ1) is 5.91. The van der Waals surface area contributed by atoms with Gasteiger partial charge < -0.3 is 9.67 Å². The molecule has 1 N–H and O–H groups in total. The van der Waals surface area contributed by atoms with Gasteiger partial charge in [-0.05, 0) is 0 Å². The molecule has 0 aliphatic carbocycles. The largest absolute Gasteiger partial charge is 0.480 e. The summed E-state index contributed by atoms with van der Waals surface area (Å²) in [5, 5.41) is 8.21. The van der Waals surface area contributed by atoms with Gasteiger partial charge in [0.1, 0.15) is 6.54 Å². The molecule has 0 amide bonds. The van der Waals surface area contributed by atoms with E-state index in [4.69, 9.17) is 5.11 Å². The summed E-state index contributed by atoms with van der Waals surface area (Å²) in [5.74, 6) is -1.11. The van der Waals surface area contributed by atoms with Crippen molar-refractivity contribution in [1.29, 1.82) is 0 Å². The van der Waals surface area contributed by atoms with Crippen LogP contribution in [0.4, 0.5) is 0 Å². The number of aromatic nitrogens is 2. The third-order valence-corrected chi connectivity index (χ3v) is 2.32. The Morgan fingerprint density at radius 1 is 1.69 bits per heavy atom. The summed E-state index contributed by atoms with van der Waals surface area (Å²) in [6, 6.07) is 0. The fraction of sp³-hybridized carbons (Fsp3) is 0.333. The first kappa shape index (κ1) is 9.72. The van der Waals surface area contributed by atoms with Gasteiger partial charge in [-0.15, -0.1) is 0 Å². The Morgan fingerprint density at radius 2 is 2.31 bits per heavy atom. The topological polar surface area (TPSA) is 89.3 Å². The van der Waals surface area contributed by atoms with Gasteiger partial charge in [0.2, 0.25) is 15.0 Å². The van der Waals surface area contributed by atoms with Crippen LogP contribution in [0.2, 0.25) is 0 Å². The second-order valence-electron chi connectivity index (χ2n) is 2.50. The molecule has 0 radical (unpaired) electrons. The van der Waals surface area contributed by atoms with Gasteiger partial charge in [0.15, 0.2) is 0 Å². The molecule has 7 heteroatoms. The number of sulfone groups is 1. The molecule has 1 rings (SSSR count). The van der Waals surface area contributed by atoms with Crippen LogP contribution < -0.4 is 0 Å². The highest BCUT2D eigenvalue weighted by Crippen LogP contribution is 2.05. The maximum absolute atomic E-state index is 11.0. The first-order valence-electron chi connectivity index (χ1n) is 3.34. The molecule has 0 bridgehead atoms. The number of aliphatic carboxylic acids is 1. The van der Waals surface area contributed by atoms with Crippen LogP contribution in [0.15, 0.2) is 17.6 Å². The lowest BCUT2D eigenvalue weighted by molar-refractivity contribution is -0.137. The number of rotatable bonds is 3. The second-order valence-corrected chi connectivity index (χ2v) is 4.41. The van der Waals surface area contributed by atoms with Crippen molar-refractivity contribution in [3.05, 3.63) is 12.4 Å². The number of hydrogen-bond acceptors (Lipinski definition) is 4. The lowest BCUT2D eigenvalue weighted by Gasteiger charge is -2.01. The Morgan fingerprint density at radius 3 is 2.77 bits per heavy atom. The van der Waals surface area contributed by atoms with Gasteiger partial charge in [0.25, 0.3) is 0 Å². The van der Waals surface area contributed by atoms with Gasteiger partial charge in [-0.25, -0.2) is 13.4 Å². The van der Waals surface area contributed by atoms with Gasteiger partial charge >= 0.3 is 5.97 Å². The van der Waals surface area contributed by atoms with Crippen molar-refractivity contribution in [2.45, 2.75) is 11.7 Å². The maximum atomic E-state index is 11.0. The van der Waals surface area contributed by atoms with Crippen LogP contribution in [0.3, 0.4) is 0 Å². The van der Waals surface area contributed by atoms with Crippen LogP contribution in [-0.2, 0) is 21.2 Å². The molecule has 1 aromatic heterocycles. The van der Waals surface area contributed by atoms with E-state index < -0.39 is 22.4 Å². The van der Waals surface area contributed by atoms with E-state index >= 15 is 0 Å². The van der Waals surface area contributed by atoms with E-state index in [0.717, 1.165) is 10.8 Å². The molecular weight excluding hydrogens is 196 g/mol. The van der Waals surface area contributed by atoms with E-state index in [1.807, 2.05) is 0 Å². The van der Waals surface area contributed by atoms with E-state index in [1.54, 1.807) is 0 Å². The second kappa shape index (κ2) is 3.17. The summed E-state index contributed by atoms with van der Waals surface area (Å²) in [5.41, 5.74) is 0. The molecule has 0 saturated heterocycles. The van der Waals surface area contributed by atoms with Crippen molar-refractivity contribution >= 4 is 15.8 Å². The van der Waals surface area contributed by atoms with E-state index in [0.29, 0.717) is 0 Å². The highest BCUT2D eigenvalue weighted by atomic mass is 32.2. The predicted octanol–water partition coefficient (Wildman–Crippen LogP) is -0.629. The van der Waals surface area contributed by atoms with Gasteiger partial charge in [0, 0.05) is 18.6 Å². The number of nitrogens with zero attached hydrogens (tertiary/aromatic N) is 2. The molecule has 0 aliphatic heterocycles. The van der Waals surface area contributed by atoms with Gasteiger partial charge in [-0.2, -0.15) is 0 Å². The summed E-state index contributed by atoms with van der Waals surface area (Å²) in [7, 11) is -3.45. The lowest BCUT2D eigenvalue weighted by Crippen LogP contribution is -2.14. The third kappa shape index (κ3) is 2.28. The molecule has 0 spiro atoms. The van der Waals surface area contributed by atoms with Crippen molar-refractivity contribution in [2.24, 2.45) is 0 Å². The fourth-order valence-corrected chi connectivity index (χ4v) is 1.69. The Bertz CT molecular complexity index is 420. The predicted molar refractivity (Wildman–Crippen MR) is 43.0 cm³/mol. The van der Waals surface area contributed by atoms with Crippen molar-refractivity contribution in [3.8, 4) is 0 Å². The Hall–Kier alpha value is -1.37. The molecule has 0 saturated carbocycles. The summed E-state index contributed by atoms with van der Waals surface area (Å²) < 4.78 is 23.1. The van der Waals surface area contributed by atoms with E-state index in [2.05, 4.69) is 4.98 Å². The quantitative estimate of drug-likeness (QED) is 0.708. The number of carboxylic acid groups (broad SMARTS) is 1. The van der Waals surface area contributed by atoms with Crippen LogP contribution in [-0.4, -0.2) is 35.3 Å². The fourth-order valence-electron chi connectivity index (χ4n) is 0.890. The van der Waals surface area contributed by atoms with E-state index in [-0.39, 0.29) is 5.16 Å². The molecule has 0 aliphatic rings. The molecule has 0 fully saturated rings. The Balaban J connectivity index is 3.11. The standard InChI is InChI=1S/C6H8N2O4S/c1-13(11,12)6-7-2-3-8(6)4-5(9)10/h2-3H,4H2,1H3,(H,9,10). The first-order valence-corrected chi connectivity index (χ1v) is 5.23. The van der Waals surface area contributed by atoms with Crippen LogP contribution in [0.1, 0.15) is 0 Å². The molecule has 0 atom stereocenters. The number of carboxylic acids is 1. The van der Waals surface area contributed by atoms with Crippen molar-refractivity contribution in [2.75, 3.05) is 6.26 Å². The number of carbonyl (C=O) groups is 1. The minimum Gasteiger partial charge on any atom is -0.480 e. The average Bonchev–Trinajstić information content (AvgIpc) is 2.31. The zero-order valence-electron chi connectivity index (χ0n) is 6.84. The normalized spacial score (nSPS) is 11.5. The van der Waals surface area contributed by atoms with E-state index in [9.17, 15) is 13.2 Å².